The second kappa shape index (κ2) is 3.93. The monoisotopic (exact) mass is 203 g/mol. The molecular weight excluding hydrogens is 186 g/mol. The van der Waals surface area contributed by atoms with Crippen molar-refractivity contribution in [3.05, 3.63) is 29.3 Å². The van der Waals surface area contributed by atoms with E-state index in [-0.39, 0.29) is 0 Å². The molecule has 0 aliphatic heterocycles. The van der Waals surface area contributed by atoms with Crippen LogP contribution in [0.1, 0.15) is 24.0 Å². The molecule has 2 rings (SSSR count). The molecule has 0 aromatic heterocycles. The summed E-state index contributed by atoms with van der Waals surface area (Å²) in [5.74, 6) is 0.534. The highest BCUT2D eigenvalue weighted by molar-refractivity contribution is 5.93. The van der Waals surface area contributed by atoms with Crippen molar-refractivity contribution in [2.75, 3.05) is 5.32 Å². The van der Waals surface area contributed by atoms with Crippen LogP contribution >= 0.6 is 0 Å². The third-order valence-electron chi connectivity index (χ3n) is 2.74. The standard InChI is InChI=1S/C12H17N3/c1-8-4-3-5-11(9(8)2)15-12(13)14-10-6-7-10/h3-5,10H,6-7H2,1-2H3,(H3,13,14,15). The van der Waals surface area contributed by atoms with Gasteiger partial charge in [-0.2, -0.15) is 0 Å². The van der Waals surface area contributed by atoms with Crippen molar-refractivity contribution in [1.82, 2.24) is 0 Å². The molecule has 1 aromatic carbocycles. The van der Waals surface area contributed by atoms with Crippen LogP contribution in [0.5, 0.6) is 0 Å². The second-order valence-electron chi connectivity index (χ2n) is 4.12. The van der Waals surface area contributed by atoms with Crippen molar-refractivity contribution in [3.63, 3.8) is 0 Å². The van der Waals surface area contributed by atoms with E-state index in [1.165, 1.54) is 24.0 Å². The molecule has 0 saturated heterocycles. The van der Waals surface area contributed by atoms with Gasteiger partial charge in [0.15, 0.2) is 5.96 Å². The van der Waals surface area contributed by atoms with Gasteiger partial charge in [-0.15, -0.1) is 0 Å². The molecule has 0 atom stereocenters. The van der Waals surface area contributed by atoms with E-state index in [1.54, 1.807) is 0 Å². The van der Waals surface area contributed by atoms with Crippen LogP contribution in [-0.4, -0.2) is 12.0 Å². The Labute approximate surface area is 90.4 Å². The van der Waals surface area contributed by atoms with Gasteiger partial charge in [-0.25, -0.2) is 4.99 Å². The van der Waals surface area contributed by atoms with Crippen molar-refractivity contribution in [1.29, 1.82) is 0 Å². The first-order valence-electron chi connectivity index (χ1n) is 5.33. The fourth-order valence-corrected chi connectivity index (χ4v) is 1.46. The summed E-state index contributed by atoms with van der Waals surface area (Å²) in [6, 6.07) is 6.60. The predicted molar refractivity (Wildman–Crippen MR) is 64.2 cm³/mol. The highest BCUT2D eigenvalue weighted by Gasteiger charge is 2.20. The maximum absolute atomic E-state index is 5.80. The summed E-state index contributed by atoms with van der Waals surface area (Å²) in [6.45, 7) is 4.18. The Bertz CT molecular complexity index is 392. The molecule has 80 valence electrons. The van der Waals surface area contributed by atoms with Crippen LogP contribution in [-0.2, 0) is 0 Å². The first-order chi connectivity index (χ1) is 7.16. The maximum Gasteiger partial charge on any atom is 0.193 e. The van der Waals surface area contributed by atoms with Gasteiger partial charge >= 0.3 is 0 Å². The van der Waals surface area contributed by atoms with Crippen LogP contribution in [0.15, 0.2) is 23.2 Å². The van der Waals surface area contributed by atoms with Gasteiger partial charge in [-0.1, -0.05) is 12.1 Å². The molecule has 1 aliphatic rings. The van der Waals surface area contributed by atoms with Gasteiger partial charge in [0.25, 0.3) is 0 Å². The van der Waals surface area contributed by atoms with Gasteiger partial charge in [0.2, 0.25) is 0 Å². The van der Waals surface area contributed by atoms with Gasteiger partial charge in [0.05, 0.1) is 6.04 Å². The lowest BCUT2D eigenvalue weighted by Crippen LogP contribution is -2.23. The zero-order valence-electron chi connectivity index (χ0n) is 9.25. The summed E-state index contributed by atoms with van der Waals surface area (Å²) < 4.78 is 0. The van der Waals surface area contributed by atoms with E-state index in [1.807, 2.05) is 12.1 Å². The topological polar surface area (TPSA) is 50.4 Å². The van der Waals surface area contributed by atoms with Crippen molar-refractivity contribution < 1.29 is 0 Å². The Morgan fingerprint density at radius 2 is 2.13 bits per heavy atom. The van der Waals surface area contributed by atoms with Crippen molar-refractivity contribution >= 4 is 11.6 Å². The third kappa shape index (κ3) is 2.49. The largest absolute Gasteiger partial charge is 0.370 e. The summed E-state index contributed by atoms with van der Waals surface area (Å²) in [4.78, 5) is 4.34. The van der Waals surface area contributed by atoms with Gasteiger partial charge in [-0.3, -0.25) is 0 Å². The van der Waals surface area contributed by atoms with Crippen LogP contribution in [0.3, 0.4) is 0 Å². The zero-order chi connectivity index (χ0) is 10.8. The highest BCUT2D eigenvalue weighted by Crippen LogP contribution is 2.23. The smallest absolute Gasteiger partial charge is 0.193 e. The normalized spacial score (nSPS) is 16.5. The van der Waals surface area contributed by atoms with Gasteiger partial charge in [0.1, 0.15) is 0 Å². The fraction of sp³-hybridized carbons (Fsp3) is 0.417. The molecule has 0 bridgehead atoms. The number of nitrogens with zero attached hydrogens (tertiary/aromatic N) is 1. The predicted octanol–water partition coefficient (Wildman–Crippen LogP) is 2.19. The number of benzene rings is 1. The molecule has 1 aliphatic carbocycles. The highest BCUT2D eigenvalue weighted by atomic mass is 15.1. The Morgan fingerprint density at radius 3 is 2.80 bits per heavy atom. The van der Waals surface area contributed by atoms with E-state index in [0.717, 1.165) is 5.69 Å². The summed E-state index contributed by atoms with van der Waals surface area (Å²) >= 11 is 0. The summed E-state index contributed by atoms with van der Waals surface area (Å²) in [7, 11) is 0. The quantitative estimate of drug-likeness (QED) is 0.572. The van der Waals surface area contributed by atoms with Crippen molar-refractivity contribution in [2.24, 2.45) is 10.7 Å². The number of aryl methyl sites for hydroxylation is 1. The van der Waals surface area contributed by atoms with Crippen LogP contribution in [0.4, 0.5) is 5.69 Å². The van der Waals surface area contributed by atoms with Gasteiger partial charge < -0.3 is 11.1 Å². The van der Waals surface area contributed by atoms with Gasteiger partial charge in [0, 0.05) is 5.69 Å². The lowest BCUT2D eigenvalue weighted by Gasteiger charge is -2.10. The van der Waals surface area contributed by atoms with Crippen LogP contribution < -0.4 is 11.1 Å². The Kier molecular flexibility index (Phi) is 2.62. The third-order valence-corrected chi connectivity index (χ3v) is 2.74. The minimum Gasteiger partial charge on any atom is -0.370 e. The number of hydrogen-bond donors (Lipinski definition) is 2. The van der Waals surface area contributed by atoms with Crippen molar-refractivity contribution in [2.45, 2.75) is 32.7 Å². The number of guanidine groups is 1. The maximum atomic E-state index is 5.80. The summed E-state index contributed by atoms with van der Waals surface area (Å²) in [5, 5.41) is 3.15. The zero-order valence-corrected chi connectivity index (χ0v) is 9.25. The van der Waals surface area contributed by atoms with E-state index in [9.17, 15) is 0 Å². The number of nitrogens with one attached hydrogen (secondary N) is 1. The number of anilines is 1. The average Bonchev–Trinajstić information content (AvgIpc) is 2.97. The molecule has 3 N–H and O–H groups in total. The molecule has 3 heteroatoms. The lowest BCUT2D eigenvalue weighted by molar-refractivity contribution is 1.06. The molecular formula is C12H17N3. The molecule has 0 spiro atoms. The molecule has 1 fully saturated rings. The Hall–Kier alpha value is -1.51. The SMILES string of the molecule is Cc1cccc(NC(N)=NC2CC2)c1C. The molecule has 1 aromatic rings. The second-order valence-corrected chi connectivity index (χ2v) is 4.12. The van der Waals surface area contributed by atoms with Crippen LogP contribution in [0, 0.1) is 13.8 Å². The molecule has 0 unspecified atom stereocenters. The minimum absolute atomic E-state index is 0.461. The number of aliphatic imine (C=N–C) groups is 1. The summed E-state index contributed by atoms with van der Waals surface area (Å²) in [6.07, 6.45) is 2.35. The molecule has 0 amide bonds. The van der Waals surface area contributed by atoms with Crippen molar-refractivity contribution in [3.8, 4) is 0 Å². The lowest BCUT2D eigenvalue weighted by atomic mass is 10.1. The average molecular weight is 203 g/mol. The molecule has 0 heterocycles. The van der Waals surface area contributed by atoms with E-state index >= 15 is 0 Å². The Morgan fingerprint density at radius 1 is 1.40 bits per heavy atom. The van der Waals surface area contributed by atoms with Crippen LogP contribution in [0.25, 0.3) is 0 Å². The number of nitrogens with two attached hydrogens (primary N) is 1. The molecule has 3 nitrogen and oxygen atoms in total. The summed E-state index contributed by atoms with van der Waals surface area (Å²) in [5.41, 5.74) is 9.35. The Balaban J connectivity index is 2.12. The van der Waals surface area contributed by atoms with E-state index in [0.29, 0.717) is 12.0 Å². The van der Waals surface area contributed by atoms with Crippen LogP contribution in [0.2, 0.25) is 0 Å². The fourth-order valence-electron chi connectivity index (χ4n) is 1.46. The molecule has 0 radical (unpaired) electrons. The first kappa shape index (κ1) is 10.0. The first-order valence-corrected chi connectivity index (χ1v) is 5.33. The van der Waals surface area contributed by atoms with Gasteiger partial charge in [-0.05, 0) is 43.9 Å². The van der Waals surface area contributed by atoms with E-state index in [2.05, 4.69) is 30.2 Å². The molecule has 15 heavy (non-hydrogen) atoms. The number of rotatable bonds is 2. The van der Waals surface area contributed by atoms with E-state index < -0.39 is 0 Å². The van der Waals surface area contributed by atoms with E-state index in [4.69, 9.17) is 5.73 Å². The molecule has 1 saturated carbocycles. The minimum atomic E-state index is 0.461. The number of hydrogen-bond acceptors (Lipinski definition) is 1.